The zero-order valence-corrected chi connectivity index (χ0v) is 16.0. The van der Waals surface area contributed by atoms with Gasteiger partial charge in [-0.05, 0) is 50.0 Å². The second-order valence-corrected chi connectivity index (χ2v) is 7.48. The van der Waals surface area contributed by atoms with Crippen molar-refractivity contribution in [3.8, 4) is 0 Å². The molecule has 1 aliphatic heterocycles. The third-order valence-electron chi connectivity index (χ3n) is 5.64. The van der Waals surface area contributed by atoms with Crippen molar-refractivity contribution in [1.82, 2.24) is 14.9 Å². The second kappa shape index (κ2) is 8.00. The number of para-hydroxylation sites is 1. The highest BCUT2D eigenvalue weighted by Gasteiger charge is 2.23. The summed E-state index contributed by atoms with van der Waals surface area (Å²) in [5, 5.41) is 10.7. The lowest BCUT2D eigenvalue weighted by Crippen LogP contribution is -2.34. The Bertz CT molecular complexity index is 1040. The minimum absolute atomic E-state index is 0.125. The van der Waals surface area contributed by atoms with Gasteiger partial charge < -0.3 is 15.6 Å². The lowest BCUT2D eigenvalue weighted by molar-refractivity contribution is -0.384. The molecule has 0 radical (unpaired) electrons. The first-order valence-corrected chi connectivity index (χ1v) is 9.75. The molecule has 2 heterocycles. The minimum atomic E-state index is -0.452. The van der Waals surface area contributed by atoms with Crippen LogP contribution in [-0.4, -0.2) is 45.3 Å². The average Bonchev–Trinajstić information content (AvgIpc) is 3.17. The van der Waals surface area contributed by atoms with Crippen LogP contribution in [0.2, 0.25) is 0 Å². The molecule has 8 nitrogen and oxygen atoms in total. The molecule has 1 saturated heterocycles. The van der Waals surface area contributed by atoms with E-state index >= 15 is 0 Å². The number of carbonyl (C=O) groups excluding carboxylic acids is 1. The molecule has 0 unspecified atom stereocenters. The van der Waals surface area contributed by atoms with Gasteiger partial charge in [-0.25, -0.2) is 4.98 Å². The molecule has 2 aromatic carbocycles. The number of nitro groups is 1. The molecule has 0 atom stereocenters. The number of nitro benzene ring substituents is 1. The van der Waals surface area contributed by atoms with Gasteiger partial charge in [-0.3, -0.25) is 14.9 Å². The third-order valence-corrected chi connectivity index (χ3v) is 5.64. The maximum atomic E-state index is 11.6. The number of amides is 1. The van der Waals surface area contributed by atoms with Crippen LogP contribution in [0.3, 0.4) is 0 Å². The van der Waals surface area contributed by atoms with Crippen molar-refractivity contribution in [3.05, 3.63) is 69.5 Å². The summed E-state index contributed by atoms with van der Waals surface area (Å²) >= 11 is 0. The third kappa shape index (κ3) is 4.12. The molecular weight excluding hydrogens is 370 g/mol. The molecule has 0 saturated carbocycles. The zero-order valence-electron chi connectivity index (χ0n) is 16.0. The fourth-order valence-electron chi connectivity index (χ4n) is 3.95. The standard InChI is InChI=1S/C21H23N5O3/c22-20(27)17-2-1-3-18-19(17)24-21(23-18)15-9-12-25(13-10-15)11-8-14-4-6-16(7-5-14)26(28)29/h1-7,15H,8-13H2,(H2,22,27)(H,23,24). The van der Waals surface area contributed by atoms with Gasteiger partial charge in [-0.15, -0.1) is 0 Å². The number of primary amides is 1. The number of nitrogens with two attached hydrogens (primary N) is 1. The summed E-state index contributed by atoms with van der Waals surface area (Å²) in [6, 6.07) is 12.2. The van der Waals surface area contributed by atoms with E-state index in [1.807, 2.05) is 18.2 Å². The lowest BCUT2D eigenvalue weighted by atomic mass is 9.96. The molecule has 0 bridgehead atoms. The van der Waals surface area contributed by atoms with E-state index in [2.05, 4.69) is 14.9 Å². The summed E-state index contributed by atoms with van der Waals surface area (Å²) in [7, 11) is 0. The van der Waals surface area contributed by atoms with Crippen molar-refractivity contribution in [2.45, 2.75) is 25.2 Å². The fourth-order valence-corrected chi connectivity index (χ4v) is 3.95. The molecule has 150 valence electrons. The minimum Gasteiger partial charge on any atom is -0.366 e. The summed E-state index contributed by atoms with van der Waals surface area (Å²) in [5.41, 5.74) is 8.66. The topological polar surface area (TPSA) is 118 Å². The van der Waals surface area contributed by atoms with E-state index in [0.717, 1.165) is 61.3 Å². The van der Waals surface area contributed by atoms with E-state index in [1.165, 1.54) is 0 Å². The highest BCUT2D eigenvalue weighted by Crippen LogP contribution is 2.28. The predicted molar refractivity (Wildman–Crippen MR) is 110 cm³/mol. The van der Waals surface area contributed by atoms with Gasteiger partial charge >= 0.3 is 0 Å². The van der Waals surface area contributed by atoms with Crippen LogP contribution in [0.5, 0.6) is 0 Å². The van der Waals surface area contributed by atoms with Crippen LogP contribution in [-0.2, 0) is 6.42 Å². The number of H-pyrrole nitrogens is 1. The second-order valence-electron chi connectivity index (χ2n) is 7.48. The van der Waals surface area contributed by atoms with Gasteiger partial charge in [0.05, 0.1) is 21.5 Å². The quantitative estimate of drug-likeness (QED) is 0.493. The first kappa shape index (κ1) is 19.1. The molecule has 3 aromatic rings. The Balaban J connectivity index is 1.34. The Kier molecular flexibility index (Phi) is 5.26. The Morgan fingerprint density at radius 3 is 2.59 bits per heavy atom. The van der Waals surface area contributed by atoms with E-state index in [-0.39, 0.29) is 10.6 Å². The number of aromatic nitrogens is 2. The van der Waals surface area contributed by atoms with Crippen molar-refractivity contribution in [1.29, 1.82) is 0 Å². The van der Waals surface area contributed by atoms with Crippen LogP contribution < -0.4 is 5.73 Å². The molecule has 1 aromatic heterocycles. The number of piperidine rings is 1. The Morgan fingerprint density at radius 2 is 1.93 bits per heavy atom. The normalized spacial score (nSPS) is 15.6. The predicted octanol–water partition coefficient (Wildman–Crippen LogP) is 2.99. The monoisotopic (exact) mass is 393 g/mol. The van der Waals surface area contributed by atoms with Crippen molar-refractivity contribution in [2.24, 2.45) is 5.73 Å². The average molecular weight is 393 g/mol. The van der Waals surface area contributed by atoms with Crippen LogP contribution in [0.25, 0.3) is 11.0 Å². The first-order valence-electron chi connectivity index (χ1n) is 9.75. The Labute approximate surface area is 167 Å². The first-order chi connectivity index (χ1) is 14.0. The number of aromatic amines is 1. The smallest absolute Gasteiger partial charge is 0.269 e. The summed E-state index contributed by atoms with van der Waals surface area (Å²) in [6.45, 7) is 2.87. The van der Waals surface area contributed by atoms with Crippen molar-refractivity contribution >= 4 is 22.6 Å². The number of benzene rings is 2. The highest BCUT2D eigenvalue weighted by atomic mass is 16.6. The van der Waals surface area contributed by atoms with Crippen molar-refractivity contribution < 1.29 is 9.72 Å². The summed E-state index contributed by atoms with van der Waals surface area (Å²) in [4.78, 5) is 32.4. The lowest BCUT2D eigenvalue weighted by Gasteiger charge is -2.31. The molecule has 1 aliphatic rings. The number of nitrogens with zero attached hydrogens (tertiary/aromatic N) is 3. The molecule has 1 amide bonds. The summed E-state index contributed by atoms with van der Waals surface area (Å²) < 4.78 is 0. The molecule has 29 heavy (non-hydrogen) atoms. The number of rotatable bonds is 6. The van der Waals surface area contributed by atoms with Crippen LogP contribution in [0.15, 0.2) is 42.5 Å². The fraction of sp³-hybridized carbons (Fsp3) is 0.333. The Hall–Kier alpha value is -3.26. The van der Waals surface area contributed by atoms with Gasteiger partial charge in [0, 0.05) is 24.6 Å². The van der Waals surface area contributed by atoms with Gasteiger partial charge in [0.1, 0.15) is 5.82 Å². The van der Waals surface area contributed by atoms with Gasteiger partial charge in [0.25, 0.3) is 11.6 Å². The maximum Gasteiger partial charge on any atom is 0.269 e. The zero-order chi connectivity index (χ0) is 20.4. The molecule has 0 aliphatic carbocycles. The molecule has 0 spiro atoms. The van der Waals surface area contributed by atoms with Gasteiger partial charge in [0.15, 0.2) is 0 Å². The van der Waals surface area contributed by atoms with E-state index < -0.39 is 5.91 Å². The van der Waals surface area contributed by atoms with Gasteiger partial charge in [-0.1, -0.05) is 18.2 Å². The van der Waals surface area contributed by atoms with Gasteiger partial charge in [-0.2, -0.15) is 0 Å². The molecule has 8 heteroatoms. The van der Waals surface area contributed by atoms with E-state index in [9.17, 15) is 14.9 Å². The largest absolute Gasteiger partial charge is 0.366 e. The number of fused-ring (bicyclic) bond motifs is 1. The van der Waals surface area contributed by atoms with Crippen LogP contribution in [0.1, 0.15) is 40.5 Å². The molecular formula is C21H23N5O3. The molecule has 4 rings (SSSR count). The number of non-ortho nitro benzene ring substituents is 1. The van der Waals surface area contributed by atoms with Gasteiger partial charge in [0.2, 0.25) is 0 Å². The number of nitrogens with one attached hydrogen (secondary N) is 1. The van der Waals surface area contributed by atoms with Crippen molar-refractivity contribution in [2.75, 3.05) is 19.6 Å². The van der Waals surface area contributed by atoms with E-state index in [1.54, 1.807) is 24.3 Å². The molecule has 1 fully saturated rings. The number of hydrogen-bond donors (Lipinski definition) is 2. The number of imidazole rings is 1. The maximum absolute atomic E-state index is 11.6. The van der Waals surface area contributed by atoms with E-state index in [0.29, 0.717) is 11.5 Å². The number of carbonyl (C=O) groups is 1. The number of hydrogen-bond acceptors (Lipinski definition) is 5. The number of likely N-dealkylation sites (tertiary alicyclic amines) is 1. The Morgan fingerprint density at radius 1 is 1.21 bits per heavy atom. The summed E-state index contributed by atoms with van der Waals surface area (Å²) in [6.07, 6.45) is 2.85. The summed E-state index contributed by atoms with van der Waals surface area (Å²) in [5.74, 6) is 0.800. The van der Waals surface area contributed by atoms with Crippen LogP contribution >= 0.6 is 0 Å². The van der Waals surface area contributed by atoms with Crippen LogP contribution in [0.4, 0.5) is 5.69 Å². The van der Waals surface area contributed by atoms with Crippen molar-refractivity contribution in [3.63, 3.8) is 0 Å². The SMILES string of the molecule is NC(=O)c1cccc2nc(C3CCN(CCc4ccc([N+](=O)[O-])cc4)CC3)[nH]c12. The molecule has 3 N–H and O–H groups in total. The van der Waals surface area contributed by atoms with E-state index in [4.69, 9.17) is 5.73 Å². The highest BCUT2D eigenvalue weighted by molar-refractivity contribution is 6.04. The van der Waals surface area contributed by atoms with Crippen LogP contribution in [0, 0.1) is 10.1 Å².